The molecule has 1 aromatic carbocycles. The van der Waals surface area contributed by atoms with Crippen LogP contribution in [0.1, 0.15) is 0 Å². The molecule has 0 aliphatic rings. The van der Waals surface area contributed by atoms with Gasteiger partial charge in [0, 0.05) is 6.07 Å². The van der Waals surface area contributed by atoms with E-state index in [0.717, 1.165) is 17.2 Å². The van der Waals surface area contributed by atoms with E-state index >= 15 is 0 Å². The number of hydrogen-bond acceptors (Lipinski definition) is 3. The third-order valence-electron chi connectivity index (χ3n) is 1.79. The second-order valence-electron chi connectivity index (χ2n) is 4.23. The lowest BCUT2D eigenvalue weighted by atomic mass is 10.3. The molecule has 0 N–H and O–H groups in total. The van der Waals surface area contributed by atoms with Crippen LogP contribution in [0, 0.1) is 0 Å². The molecule has 0 fully saturated rings. The molecule has 0 saturated carbocycles. The molecule has 84 valence electrons. The summed E-state index contributed by atoms with van der Waals surface area (Å²) in [4.78, 5) is 0. The van der Waals surface area contributed by atoms with Crippen molar-refractivity contribution in [1.29, 1.82) is 0 Å². The molecule has 0 aromatic heterocycles. The number of benzene rings is 1. The Morgan fingerprint density at radius 1 is 0.933 bits per heavy atom. The molecule has 0 aliphatic carbocycles. The Kier molecular flexibility index (Phi) is 3.63. The Morgan fingerprint density at radius 3 is 2.07 bits per heavy atom. The molecule has 1 aromatic rings. The van der Waals surface area contributed by atoms with Crippen molar-refractivity contribution in [3.05, 3.63) is 18.2 Å². The Bertz CT molecular complexity index is 331. The Hall–Kier alpha value is -1.16. The predicted molar refractivity (Wildman–Crippen MR) is 63.5 cm³/mol. The van der Waals surface area contributed by atoms with Crippen LogP contribution in [0.3, 0.4) is 0 Å². The van der Waals surface area contributed by atoms with Crippen LogP contribution < -0.4 is 13.9 Å². The minimum absolute atomic E-state index is 0.748. The highest BCUT2D eigenvalue weighted by Crippen LogP contribution is 2.32. The summed E-state index contributed by atoms with van der Waals surface area (Å²) >= 11 is 0. The van der Waals surface area contributed by atoms with Crippen molar-refractivity contribution >= 4 is 8.32 Å². The van der Waals surface area contributed by atoms with Crippen molar-refractivity contribution in [3.8, 4) is 17.2 Å². The highest BCUT2D eigenvalue weighted by molar-refractivity contribution is 6.70. The first-order valence-electron chi connectivity index (χ1n) is 4.87. The van der Waals surface area contributed by atoms with Crippen molar-refractivity contribution in [2.45, 2.75) is 19.6 Å². The second-order valence-corrected chi connectivity index (χ2v) is 8.66. The van der Waals surface area contributed by atoms with Gasteiger partial charge in [-0.25, -0.2) is 0 Å². The fraction of sp³-hybridized carbons (Fsp3) is 0.455. The quantitative estimate of drug-likeness (QED) is 0.739. The molecule has 1 rings (SSSR count). The normalized spacial score (nSPS) is 11.0. The molecule has 0 radical (unpaired) electrons. The van der Waals surface area contributed by atoms with Crippen LogP contribution in [0.25, 0.3) is 0 Å². The van der Waals surface area contributed by atoms with Gasteiger partial charge in [-0.3, -0.25) is 0 Å². The van der Waals surface area contributed by atoms with Gasteiger partial charge in [-0.1, -0.05) is 0 Å². The summed E-state index contributed by atoms with van der Waals surface area (Å²) in [7, 11) is 1.66. The van der Waals surface area contributed by atoms with Crippen LogP contribution in [0.4, 0.5) is 0 Å². The van der Waals surface area contributed by atoms with E-state index in [4.69, 9.17) is 13.9 Å². The smallest absolute Gasteiger partial charge is 0.242 e. The third kappa shape index (κ3) is 3.47. The second kappa shape index (κ2) is 4.57. The molecule has 0 saturated heterocycles. The topological polar surface area (TPSA) is 27.7 Å². The van der Waals surface area contributed by atoms with E-state index in [1.807, 2.05) is 18.2 Å². The molecule has 0 heterocycles. The zero-order chi connectivity index (χ0) is 11.5. The third-order valence-corrected chi connectivity index (χ3v) is 2.62. The number of rotatable bonds is 4. The summed E-state index contributed by atoms with van der Waals surface area (Å²) in [5.74, 6) is 2.29. The Balaban J connectivity index is 3.01. The Morgan fingerprint density at radius 2 is 1.60 bits per heavy atom. The van der Waals surface area contributed by atoms with Crippen LogP contribution >= 0.6 is 0 Å². The van der Waals surface area contributed by atoms with Gasteiger partial charge in [0.2, 0.25) is 8.32 Å². The standard InChI is InChI=1S/C11H18O3Si/c1-12-9-6-7-10(13-2)11(8-9)14-15(3,4)5/h6-8H,1-5H3. The average molecular weight is 226 g/mol. The molecule has 0 amide bonds. The highest BCUT2D eigenvalue weighted by atomic mass is 28.4. The van der Waals surface area contributed by atoms with Crippen molar-refractivity contribution in [1.82, 2.24) is 0 Å². The summed E-state index contributed by atoms with van der Waals surface area (Å²) in [6, 6.07) is 5.57. The van der Waals surface area contributed by atoms with Gasteiger partial charge >= 0.3 is 0 Å². The lowest BCUT2D eigenvalue weighted by Gasteiger charge is -2.21. The monoisotopic (exact) mass is 226 g/mol. The zero-order valence-corrected chi connectivity index (χ0v) is 11.0. The minimum atomic E-state index is -1.62. The predicted octanol–water partition coefficient (Wildman–Crippen LogP) is 2.92. The summed E-state index contributed by atoms with van der Waals surface area (Å²) in [6.45, 7) is 6.39. The van der Waals surface area contributed by atoms with Crippen molar-refractivity contribution in [2.75, 3.05) is 14.2 Å². The molecule has 0 unspecified atom stereocenters. The van der Waals surface area contributed by atoms with Crippen LogP contribution in [0.5, 0.6) is 17.2 Å². The zero-order valence-electron chi connectivity index (χ0n) is 9.96. The summed E-state index contributed by atoms with van der Waals surface area (Å²) in [5.41, 5.74) is 0. The maximum absolute atomic E-state index is 5.90. The summed E-state index contributed by atoms with van der Waals surface area (Å²) in [6.07, 6.45) is 0. The maximum Gasteiger partial charge on any atom is 0.242 e. The molecule has 15 heavy (non-hydrogen) atoms. The van der Waals surface area contributed by atoms with Gasteiger partial charge in [-0.15, -0.1) is 0 Å². The number of methoxy groups -OCH3 is 2. The van der Waals surface area contributed by atoms with E-state index < -0.39 is 8.32 Å². The van der Waals surface area contributed by atoms with Gasteiger partial charge in [0.15, 0.2) is 5.75 Å². The van der Waals surface area contributed by atoms with E-state index in [-0.39, 0.29) is 0 Å². The van der Waals surface area contributed by atoms with E-state index in [2.05, 4.69) is 19.6 Å². The summed E-state index contributed by atoms with van der Waals surface area (Å²) < 4.78 is 16.3. The van der Waals surface area contributed by atoms with E-state index in [9.17, 15) is 0 Å². The molecule has 0 aliphatic heterocycles. The van der Waals surface area contributed by atoms with Crippen LogP contribution in [-0.4, -0.2) is 22.5 Å². The summed E-state index contributed by atoms with van der Waals surface area (Å²) in [5, 5.41) is 0. The van der Waals surface area contributed by atoms with Gasteiger partial charge in [-0.05, 0) is 31.8 Å². The fourth-order valence-electron chi connectivity index (χ4n) is 1.19. The molecular weight excluding hydrogens is 208 g/mol. The van der Waals surface area contributed by atoms with Gasteiger partial charge < -0.3 is 13.9 Å². The van der Waals surface area contributed by atoms with E-state index in [1.54, 1.807) is 14.2 Å². The van der Waals surface area contributed by atoms with Crippen molar-refractivity contribution < 1.29 is 13.9 Å². The number of ether oxygens (including phenoxy) is 2. The fourth-order valence-corrected chi connectivity index (χ4v) is 2.01. The van der Waals surface area contributed by atoms with Gasteiger partial charge in [0.05, 0.1) is 14.2 Å². The minimum Gasteiger partial charge on any atom is -0.542 e. The first kappa shape index (κ1) is 11.9. The van der Waals surface area contributed by atoms with E-state index in [0.29, 0.717) is 0 Å². The van der Waals surface area contributed by atoms with Crippen LogP contribution in [-0.2, 0) is 0 Å². The van der Waals surface area contributed by atoms with E-state index in [1.165, 1.54) is 0 Å². The lowest BCUT2D eigenvalue weighted by molar-refractivity contribution is 0.383. The van der Waals surface area contributed by atoms with Crippen LogP contribution in [0.2, 0.25) is 19.6 Å². The first-order valence-corrected chi connectivity index (χ1v) is 8.28. The first-order chi connectivity index (χ1) is 6.96. The molecule has 4 heteroatoms. The molecule has 0 atom stereocenters. The maximum atomic E-state index is 5.90. The molecule has 0 bridgehead atoms. The highest BCUT2D eigenvalue weighted by Gasteiger charge is 2.19. The molecular formula is C11H18O3Si. The van der Waals surface area contributed by atoms with Gasteiger partial charge in [0.1, 0.15) is 11.5 Å². The number of hydrogen-bond donors (Lipinski definition) is 0. The average Bonchev–Trinajstić information content (AvgIpc) is 2.15. The van der Waals surface area contributed by atoms with Crippen molar-refractivity contribution in [2.24, 2.45) is 0 Å². The largest absolute Gasteiger partial charge is 0.542 e. The molecule has 3 nitrogen and oxygen atoms in total. The van der Waals surface area contributed by atoms with Crippen LogP contribution in [0.15, 0.2) is 18.2 Å². The van der Waals surface area contributed by atoms with Crippen molar-refractivity contribution in [3.63, 3.8) is 0 Å². The SMILES string of the molecule is COc1ccc(OC)c(O[Si](C)(C)C)c1. The van der Waals surface area contributed by atoms with Gasteiger partial charge in [0.25, 0.3) is 0 Å². The Labute approximate surface area is 92.1 Å². The molecule has 0 spiro atoms. The van der Waals surface area contributed by atoms with Gasteiger partial charge in [-0.2, -0.15) is 0 Å². The lowest BCUT2D eigenvalue weighted by Crippen LogP contribution is -2.29.